The molecule has 0 fully saturated rings. The van der Waals surface area contributed by atoms with Gasteiger partial charge < -0.3 is 10.1 Å². The summed E-state index contributed by atoms with van der Waals surface area (Å²) in [6.45, 7) is 2.89. The van der Waals surface area contributed by atoms with Gasteiger partial charge in [-0.15, -0.1) is 11.3 Å². The number of thiazole rings is 1. The Labute approximate surface area is 138 Å². The van der Waals surface area contributed by atoms with Gasteiger partial charge in [0.25, 0.3) is 0 Å². The number of imidazole rings is 1. The predicted molar refractivity (Wildman–Crippen MR) is 90.6 cm³/mol. The van der Waals surface area contributed by atoms with Crippen molar-refractivity contribution in [1.29, 1.82) is 0 Å². The van der Waals surface area contributed by atoms with E-state index in [9.17, 15) is 4.79 Å². The van der Waals surface area contributed by atoms with Crippen molar-refractivity contribution in [3.8, 4) is 5.75 Å². The first kappa shape index (κ1) is 15.6. The van der Waals surface area contributed by atoms with Crippen LogP contribution in [-0.2, 0) is 11.3 Å². The average molecular weight is 329 g/mol. The molecule has 0 aliphatic heterocycles. The molecule has 1 N–H and O–H groups in total. The van der Waals surface area contributed by atoms with Gasteiger partial charge in [0, 0.05) is 23.7 Å². The van der Waals surface area contributed by atoms with E-state index in [0.29, 0.717) is 19.6 Å². The second-order valence-corrected chi connectivity index (χ2v) is 6.27. The van der Waals surface area contributed by atoms with Crippen molar-refractivity contribution in [2.24, 2.45) is 5.92 Å². The molecule has 0 saturated heterocycles. The first-order valence-corrected chi connectivity index (χ1v) is 8.47. The topological polar surface area (TPSA) is 55.6 Å². The number of carbonyl (C=O) groups is 1. The highest BCUT2D eigenvalue weighted by Crippen LogP contribution is 2.12. The van der Waals surface area contributed by atoms with E-state index in [1.165, 1.54) is 0 Å². The molecular weight excluding hydrogens is 310 g/mol. The number of fused-ring (bicyclic) bond motifs is 1. The minimum absolute atomic E-state index is 0.0259. The number of hydrogen-bond acceptors (Lipinski definition) is 4. The Balaban J connectivity index is 1.41. The molecule has 2 heterocycles. The van der Waals surface area contributed by atoms with Crippen molar-refractivity contribution in [3.63, 3.8) is 0 Å². The number of rotatable bonds is 7. The van der Waals surface area contributed by atoms with E-state index in [1.807, 2.05) is 59.4 Å². The van der Waals surface area contributed by atoms with Crippen molar-refractivity contribution in [2.45, 2.75) is 19.9 Å². The van der Waals surface area contributed by atoms with Crippen LogP contribution in [0.5, 0.6) is 5.75 Å². The lowest BCUT2D eigenvalue weighted by atomic mass is 10.1. The molecule has 5 nitrogen and oxygen atoms in total. The summed E-state index contributed by atoms with van der Waals surface area (Å²) in [6, 6.07) is 9.63. The number of amides is 1. The zero-order valence-electron chi connectivity index (χ0n) is 12.9. The molecule has 0 bridgehead atoms. The summed E-state index contributed by atoms with van der Waals surface area (Å²) in [5, 5.41) is 4.92. The van der Waals surface area contributed by atoms with E-state index in [2.05, 4.69) is 10.3 Å². The molecule has 2 aromatic heterocycles. The minimum atomic E-state index is -0.0950. The maximum atomic E-state index is 12.1. The predicted octanol–water partition coefficient (Wildman–Crippen LogP) is 3.12. The Hall–Kier alpha value is -2.34. The summed E-state index contributed by atoms with van der Waals surface area (Å²) < 4.78 is 7.59. The fraction of sp³-hybridized carbons (Fsp3) is 0.294. The van der Waals surface area contributed by atoms with E-state index >= 15 is 0 Å². The molecule has 1 atom stereocenters. The number of nitrogens with one attached hydrogen (secondary N) is 1. The number of para-hydroxylation sites is 1. The van der Waals surface area contributed by atoms with Crippen LogP contribution in [0.4, 0.5) is 0 Å². The molecule has 3 rings (SSSR count). The maximum Gasteiger partial charge on any atom is 0.223 e. The summed E-state index contributed by atoms with van der Waals surface area (Å²) in [7, 11) is 0. The quantitative estimate of drug-likeness (QED) is 0.724. The highest BCUT2D eigenvalue weighted by Gasteiger charge is 2.13. The largest absolute Gasteiger partial charge is 0.494 e. The van der Waals surface area contributed by atoms with Crippen molar-refractivity contribution in [1.82, 2.24) is 14.7 Å². The van der Waals surface area contributed by atoms with E-state index in [0.717, 1.165) is 16.4 Å². The van der Waals surface area contributed by atoms with Crippen LogP contribution in [0.25, 0.3) is 4.96 Å². The number of aromatic nitrogens is 2. The normalized spacial score (nSPS) is 12.2. The van der Waals surface area contributed by atoms with Crippen molar-refractivity contribution >= 4 is 22.2 Å². The lowest BCUT2D eigenvalue weighted by molar-refractivity contribution is -0.125. The summed E-state index contributed by atoms with van der Waals surface area (Å²) in [5.74, 6) is 0.763. The monoisotopic (exact) mass is 329 g/mol. The van der Waals surface area contributed by atoms with Gasteiger partial charge >= 0.3 is 0 Å². The van der Waals surface area contributed by atoms with Crippen molar-refractivity contribution in [3.05, 3.63) is 53.8 Å². The lowest BCUT2D eigenvalue weighted by Gasteiger charge is -2.12. The number of ether oxygens (including phenoxy) is 1. The van der Waals surface area contributed by atoms with Crippen LogP contribution >= 0.6 is 11.3 Å². The lowest BCUT2D eigenvalue weighted by Crippen LogP contribution is -2.29. The van der Waals surface area contributed by atoms with Crippen LogP contribution in [0, 0.1) is 5.92 Å². The zero-order valence-corrected chi connectivity index (χ0v) is 13.8. The molecule has 1 aromatic carbocycles. The minimum Gasteiger partial charge on any atom is -0.494 e. The zero-order chi connectivity index (χ0) is 16.1. The molecule has 0 aliphatic carbocycles. The van der Waals surface area contributed by atoms with Crippen molar-refractivity contribution in [2.75, 3.05) is 6.61 Å². The molecule has 6 heteroatoms. The number of carbonyl (C=O) groups excluding carboxylic acids is 1. The summed E-state index contributed by atoms with van der Waals surface area (Å²) in [5.41, 5.74) is 0.873. The summed E-state index contributed by atoms with van der Waals surface area (Å²) in [6.07, 6.45) is 4.58. The molecule has 0 aliphatic rings. The molecule has 23 heavy (non-hydrogen) atoms. The second kappa shape index (κ2) is 7.28. The van der Waals surface area contributed by atoms with Crippen LogP contribution < -0.4 is 10.1 Å². The van der Waals surface area contributed by atoms with Gasteiger partial charge in [0.05, 0.1) is 18.8 Å². The smallest absolute Gasteiger partial charge is 0.223 e. The van der Waals surface area contributed by atoms with Crippen LogP contribution in [0.15, 0.2) is 48.1 Å². The van der Waals surface area contributed by atoms with Gasteiger partial charge in [-0.25, -0.2) is 4.98 Å². The first-order chi connectivity index (χ1) is 11.2. The number of benzene rings is 1. The highest BCUT2D eigenvalue weighted by atomic mass is 32.1. The summed E-state index contributed by atoms with van der Waals surface area (Å²) >= 11 is 1.58. The van der Waals surface area contributed by atoms with Crippen LogP contribution in [0.3, 0.4) is 0 Å². The molecule has 0 spiro atoms. The van der Waals surface area contributed by atoms with Gasteiger partial charge in [-0.2, -0.15) is 0 Å². The molecule has 0 saturated carbocycles. The molecule has 0 radical (unpaired) electrons. The molecule has 3 aromatic rings. The van der Waals surface area contributed by atoms with Crippen LogP contribution in [0.2, 0.25) is 0 Å². The third-order valence-electron chi connectivity index (χ3n) is 3.60. The molecule has 1 amide bonds. The van der Waals surface area contributed by atoms with Gasteiger partial charge in [-0.05, 0) is 18.6 Å². The summed E-state index contributed by atoms with van der Waals surface area (Å²) in [4.78, 5) is 17.5. The fourth-order valence-electron chi connectivity index (χ4n) is 2.21. The van der Waals surface area contributed by atoms with E-state index < -0.39 is 0 Å². The first-order valence-electron chi connectivity index (χ1n) is 7.59. The Bertz CT molecular complexity index is 738. The molecule has 0 unspecified atom stereocenters. The fourth-order valence-corrected chi connectivity index (χ4v) is 2.93. The molecular formula is C17H19N3O2S. The Morgan fingerprint density at radius 2 is 2.22 bits per heavy atom. The molecule has 120 valence electrons. The van der Waals surface area contributed by atoms with Gasteiger partial charge in [0.15, 0.2) is 4.96 Å². The van der Waals surface area contributed by atoms with Crippen molar-refractivity contribution < 1.29 is 9.53 Å². The van der Waals surface area contributed by atoms with Gasteiger partial charge in [-0.1, -0.05) is 25.1 Å². The second-order valence-electron chi connectivity index (χ2n) is 5.39. The third-order valence-corrected chi connectivity index (χ3v) is 4.37. The Morgan fingerprint density at radius 1 is 1.39 bits per heavy atom. The van der Waals surface area contributed by atoms with E-state index in [-0.39, 0.29) is 11.8 Å². The highest BCUT2D eigenvalue weighted by molar-refractivity contribution is 7.15. The average Bonchev–Trinajstić information content (AvgIpc) is 3.15. The van der Waals surface area contributed by atoms with E-state index in [4.69, 9.17) is 4.74 Å². The Kier molecular flexibility index (Phi) is 4.92. The van der Waals surface area contributed by atoms with E-state index in [1.54, 1.807) is 11.3 Å². The van der Waals surface area contributed by atoms with Gasteiger partial charge in [0.2, 0.25) is 5.91 Å². The number of hydrogen-bond donors (Lipinski definition) is 1. The van der Waals surface area contributed by atoms with Crippen LogP contribution in [-0.4, -0.2) is 21.9 Å². The van der Waals surface area contributed by atoms with Gasteiger partial charge in [-0.3, -0.25) is 9.20 Å². The standard InChI is InChI=1S/C17H19N3O2S/c1-13(7-9-22-15-5-3-2-4-6-15)16(21)18-11-14-12-20-8-10-23-17(20)19-14/h2-6,8,10,12-13H,7,9,11H2,1H3,(H,18,21)/t13-/m0/s1. The third kappa shape index (κ3) is 4.10. The SMILES string of the molecule is C[C@@H](CCOc1ccccc1)C(=O)NCc1cn2ccsc2n1. The van der Waals surface area contributed by atoms with Gasteiger partial charge in [0.1, 0.15) is 5.75 Å². The Morgan fingerprint density at radius 3 is 3.00 bits per heavy atom. The number of nitrogens with zero attached hydrogens (tertiary/aromatic N) is 2. The van der Waals surface area contributed by atoms with Crippen LogP contribution in [0.1, 0.15) is 19.0 Å². The maximum absolute atomic E-state index is 12.1.